The Morgan fingerprint density at radius 2 is 1.79 bits per heavy atom. The van der Waals surface area contributed by atoms with Gasteiger partial charge in [0.15, 0.2) is 0 Å². The highest BCUT2D eigenvalue weighted by Gasteiger charge is 2.18. The van der Waals surface area contributed by atoms with Gasteiger partial charge in [0.25, 0.3) is 11.8 Å². The highest BCUT2D eigenvalue weighted by Crippen LogP contribution is 2.25. The van der Waals surface area contributed by atoms with Crippen molar-refractivity contribution in [1.82, 2.24) is 5.32 Å². The summed E-state index contributed by atoms with van der Waals surface area (Å²) in [6, 6.07) is 5.90. The lowest BCUT2D eigenvalue weighted by Gasteiger charge is -2.07. The van der Waals surface area contributed by atoms with Gasteiger partial charge >= 0.3 is 6.09 Å². The Labute approximate surface area is 151 Å². The van der Waals surface area contributed by atoms with Gasteiger partial charge in [-0.2, -0.15) is 0 Å². The van der Waals surface area contributed by atoms with Gasteiger partial charge in [0.05, 0.1) is 12.2 Å². The van der Waals surface area contributed by atoms with Crippen molar-refractivity contribution >= 4 is 57.4 Å². The van der Waals surface area contributed by atoms with E-state index >= 15 is 0 Å². The van der Waals surface area contributed by atoms with Crippen molar-refractivity contribution in [1.29, 1.82) is 0 Å². The van der Waals surface area contributed by atoms with Crippen LogP contribution in [0.25, 0.3) is 0 Å². The predicted octanol–water partition coefficient (Wildman–Crippen LogP) is 4.19. The van der Waals surface area contributed by atoms with Crippen molar-refractivity contribution in [2.45, 2.75) is 6.92 Å². The van der Waals surface area contributed by atoms with Gasteiger partial charge < -0.3 is 10.1 Å². The van der Waals surface area contributed by atoms with E-state index in [1.165, 1.54) is 24.3 Å². The van der Waals surface area contributed by atoms with E-state index in [1.54, 1.807) is 12.3 Å². The summed E-state index contributed by atoms with van der Waals surface area (Å²) in [6.45, 7) is 1.76. The zero-order valence-electron chi connectivity index (χ0n) is 12.4. The molecule has 2 aromatic rings. The molecule has 6 nitrogen and oxygen atoms in total. The Morgan fingerprint density at radius 3 is 2.42 bits per heavy atom. The first-order valence-electron chi connectivity index (χ1n) is 6.73. The summed E-state index contributed by atoms with van der Waals surface area (Å²) in [5.41, 5.74) is 0.396. The summed E-state index contributed by atoms with van der Waals surface area (Å²) in [4.78, 5) is 35.6. The minimum absolute atomic E-state index is 0.141. The third-order valence-electron chi connectivity index (χ3n) is 2.75. The van der Waals surface area contributed by atoms with Crippen molar-refractivity contribution in [2.24, 2.45) is 0 Å². The van der Waals surface area contributed by atoms with Crippen LogP contribution in [0.5, 0.6) is 0 Å². The molecule has 2 N–H and O–H groups in total. The second-order valence-corrected chi connectivity index (χ2v) is 6.24. The fourth-order valence-corrected chi connectivity index (χ4v) is 3.08. The third kappa shape index (κ3) is 4.70. The number of carbonyl (C=O) groups excluding carboxylic acids is 3. The van der Waals surface area contributed by atoms with E-state index in [9.17, 15) is 14.4 Å². The Morgan fingerprint density at radius 1 is 1.12 bits per heavy atom. The van der Waals surface area contributed by atoms with E-state index in [-0.39, 0.29) is 22.7 Å². The number of alkyl carbamates (subject to hydrolysis) is 1. The molecule has 0 aliphatic rings. The van der Waals surface area contributed by atoms with Crippen LogP contribution in [-0.2, 0) is 4.74 Å². The molecule has 0 saturated heterocycles. The number of ether oxygens (including phenoxy) is 1. The van der Waals surface area contributed by atoms with Crippen LogP contribution in [0.15, 0.2) is 29.6 Å². The number of imide groups is 1. The molecule has 0 unspecified atom stereocenters. The maximum atomic E-state index is 12.3. The van der Waals surface area contributed by atoms with Gasteiger partial charge in [0, 0.05) is 15.6 Å². The quantitative estimate of drug-likeness (QED) is 0.824. The molecule has 0 radical (unpaired) electrons. The van der Waals surface area contributed by atoms with Gasteiger partial charge in [-0.25, -0.2) is 4.79 Å². The van der Waals surface area contributed by atoms with Crippen molar-refractivity contribution in [3.8, 4) is 0 Å². The number of hydrogen-bond donors (Lipinski definition) is 2. The van der Waals surface area contributed by atoms with E-state index in [4.69, 9.17) is 23.2 Å². The summed E-state index contributed by atoms with van der Waals surface area (Å²) in [5.74, 6) is -1.15. The van der Waals surface area contributed by atoms with Crippen molar-refractivity contribution < 1.29 is 19.1 Å². The number of anilines is 1. The molecule has 3 amide bonds. The van der Waals surface area contributed by atoms with Crippen LogP contribution in [-0.4, -0.2) is 24.5 Å². The second-order valence-electron chi connectivity index (χ2n) is 4.45. The van der Waals surface area contributed by atoms with Crippen LogP contribution in [0, 0.1) is 0 Å². The number of hydrogen-bond acceptors (Lipinski definition) is 5. The number of nitrogens with one attached hydrogen (secondary N) is 2. The molecule has 24 heavy (non-hydrogen) atoms. The van der Waals surface area contributed by atoms with Gasteiger partial charge in [0.1, 0.15) is 5.00 Å². The number of carbonyl (C=O) groups is 3. The minimum atomic E-state index is -0.854. The lowest BCUT2D eigenvalue weighted by Crippen LogP contribution is -2.31. The molecule has 0 saturated carbocycles. The first-order chi connectivity index (χ1) is 11.4. The van der Waals surface area contributed by atoms with Gasteiger partial charge in [-0.15, -0.1) is 11.3 Å². The summed E-state index contributed by atoms with van der Waals surface area (Å²) in [5, 5.41) is 7.20. The van der Waals surface area contributed by atoms with Gasteiger partial charge in [0.2, 0.25) is 0 Å². The summed E-state index contributed by atoms with van der Waals surface area (Å²) in [7, 11) is 0. The normalized spacial score (nSPS) is 10.1. The van der Waals surface area contributed by atoms with E-state index in [2.05, 4.69) is 15.4 Å². The maximum absolute atomic E-state index is 12.3. The predicted molar refractivity (Wildman–Crippen MR) is 93.2 cm³/mol. The molecule has 0 aliphatic carbocycles. The average molecular weight is 387 g/mol. The number of benzene rings is 1. The average Bonchev–Trinajstić information content (AvgIpc) is 2.94. The number of rotatable bonds is 4. The summed E-state index contributed by atoms with van der Waals surface area (Å²) >= 11 is 12.9. The summed E-state index contributed by atoms with van der Waals surface area (Å²) in [6.07, 6.45) is -0.854. The zero-order chi connectivity index (χ0) is 17.7. The fraction of sp³-hybridized carbons (Fsp3) is 0.133. The Balaban J connectivity index is 2.14. The van der Waals surface area contributed by atoms with Crippen LogP contribution in [0.4, 0.5) is 9.80 Å². The van der Waals surface area contributed by atoms with Gasteiger partial charge in [-0.05, 0) is 36.6 Å². The molecule has 0 aliphatic heterocycles. The molecular weight excluding hydrogens is 375 g/mol. The van der Waals surface area contributed by atoms with Crippen LogP contribution < -0.4 is 10.6 Å². The van der Waals surface area contributed by atoms with Crippen molar-refractivity contribution in [2.75, 3.05) is 11.9 Å². The first-order valence-corrected chi connectivity index (χ1v) is 8.37. The standard InChI is InChI=1S/C15H12Cl2N2O4S/c1-2-23-15(22)19-13(21)11-3-4-24-14(11)18-12(20)8-5-9(16)7-10(17)6-8/h3-7H,2H2,1H3,(H,18,20)(H,19,21,22). The largest absolute Gasteiger partial charge is 0.450 e. The highest BCUT2D eigenvalue weighted by atomic mass is 35.5. The topological polar surface area (TPSA) is 84.5 Å². The Hall–Kier alpha value is -2.09. The van der Waals surface area contributed by atoms with Gasteiger partial charge in [-0.3, -0.25) is 14.9 Å². The highest BCUT2D eigenvalue weighted by molar-refractivity contribution is 7.14. The van der Waals surface area contributed by atoms with E-state index in [0.29, 0.717) is 10.0 Å². The smallest absolute Gasteiger partial charge is 0.414 e. The Kier molecular flexibility index (Phi) is 6.19. The molecule has 126 valence electrons. The molecule has 2 rings (SSSR count). The fourth-order valence-electron chi connectivity index (χ4n) is 1.77. The number of amides is 3. The van der Waals surface area contributed by atoms with Crippen molar-refractivity contribution in [3.63, 3.8) is 0 Å². The summed E-state index contributed by atoms with van der Waals surface area (Å²) < 4.78 is 4.64. The minimum Gasteiger partial charge on any atom is -0.450 e. The lowest BCUT2D eigenvalue weighted by molar-refractivity contribution is 0.0926. The van der Waals surface area contributed by atoms with Crippen LogP contribution >= 0.6 is 34.5 Å². The van der Waals surface area contributed by atoms with Crippen LogP contribution in [0.3, 0.4) is 0 Å². The van der Waals surface area contributed by atoms with Crippen molar-refractivity contribution in [3.05, 3.63) is 50.8 Å². The number of thiophene rings is 1. The second kappa shape index (κ2) is 8.14. The van der Waals surface area contributed by atoms with E-state index in [1.807, 2.05) is 0 Å². The SMILES string of the molecule is CCOC(=O)NC(=O)c1ccsc1NC(=O)c1cc(Cl)cc(Cl)c1. The molecule has 0 fully saturated rings. The van der Waals surface area contributed by atoms with Crippen LogP contribution in [0.1, 0.15) is 27.6 Å². The molecule has 0 bridgehead atoms. The zero-order valence-corrected chi connectivity index (χ0v) is 14.7. The first kappa shape index (κ1) is 18.3. The van der Waals surface area contributed by atoms with E-state index in [0.717, 1.165) is 11.3 Å². The van der Waals surface area contributed by atoms with Gasteiger partial charge in [-0.1, -0.05) is 23.2 Å². The van der Waals surface area contributed by atoms with E-state index < -0.39 is 17.9 Å². The number of halogens is 2. The molecule has 0 spiro atoms. The molecule has 1 aromatic carbocycles. The Bertz CT molecular complexity index is 771. The molecule has 9 heteroatoms. The third-order valence-corrected chi connectivity index (χ3v) is 4.02. The maximum Gasteiger partial charge on any atom is 0.414 e. The van der Waals surface area contributed by atoms with Crippen LogP contribution in [0.2, 0.25) is 10.0 Å². The molecule has 0 atom stereocenters. The molecule has 1 heterocycles. The lowest BCUT2D eigenvalue weighted by atomic mass is 10.2. The monoisotopic (exact) mass is 386 g/mol. The molecular formula is C15H12Cl2N2O4S. The molecule has 1 aromatic heterocycles.